The van der Waals surface area contributed by atoms with Crippen LogP contribution in [-0.2, 0) is 11.3 Å². The lowest BCUT2D eigenvalue weighted by Gasteiger charge is -2.10. The number of halogens is 1. The van der Waals surface area contributed by atoms with Gasteiger partial charge in [-0.1, -0.05) is 15.9 Å². The lowest BCUT2D eigenvalue weighted by Crippen LogP contribution is -2.18. The van der Waals surface area contributed by atoms with Crippen molar-refractivity contribution in [2.75, 3.05) is 20.3 Å². The van der Waals surface area contributed by atoms with Crippen LogP contribution in [0.25, 0.3) is 0 Å². The van der Waals surface area contributed by atoms with Gasteiger partial charge in [-0.05, 0) is 42.8 Å². The first-order valence-corrected chi connectivity index (χ1v) is 7.57. The van der Waals surface area contributed by atoms with Crippen molar-refractivity contribution < 1.29 is 9.47 Å². The molecule has 0 saturated carbocycles. The highest BCUT2D eigenvalue weighted by Crippen LogP contribution is 2.24. The number of aryl methyl sites for hydroxylation is 1. The van der Waals surface area contributed by atoms with Gasteiger partial charge in [-0.2, -0.15) is 0 Å². The van der Waals surface area contributed by atoms with Crippen LogP contribution >= 0.6 is 15.9 Å². The number of benzene rings is 1. The molecule has 112 valence electrons. The molecule has 1 aromatic heterocycles. The van der Waals surface area contributed by atoms with Crippen molar-refractivity contribution in [1.82, 2.24) is 10.3 Å². The molecular formula is C16H19BrN2O2. The Bertz CT molecular complexity index is 573. The summed E-state index contributed by atoms with van der Waals surface area (Å²) < 4.78 is 11.8. The molecule has 0 aliphatic heterocycles. The zero-order valence-electron chi connectivity index (χ0n) is 12.2. The Labute approximate surface area is 133 Å². The minimum Gasteiger partial charge on any atom is -0.439 e. The Morgan fingerprint density at radius 3 is 2.67 bits per heavy atom. The van der Waals surface area contributed by atoms with Gasteiger partial charge in [-0.25, -0.2) is 4.98 Å². The van der Waals surface area contributed by atoms with Crippen molar-refractivity contribution in [2.45, 2.75) is 13.5 Å². The molecule has 21 heavy (non-hydrogen) atoms. The van der Waals surface area contributed by atoms with Gasteiger partial charge in [0.15, 0.2) is 0 Å². The van der Waals surface area contributed by atoms with Gasteiger partial charge in [0.05, 0.1) is 6.61 Å². The number of ether oxygens (including phenoxy) is 2. The highest BCUT2D eigenvalue weighted by Gasteiger charge is 2.04. The van der Waals surface area contributed by atoms with Crippen LogP contribution in [0.1, 0.15) is 11.1 Å². The Morgan fingerprint density at radius 2 is 2.00 bits per heavy atom. The van der Waals surface area contributed by atoms with E-state index in [9.17, 15) is 0 Å². The third-order valence-electron chi connectivity index (χ3n) is 2.93. The van der Waals surface area contributed by atoms with Gasteiger partial charge in [0, 0.05) is 36.4 Å². The van der Waals surface area contributed by atoms with Crippen LogP contribution in [0.5, 0.6) is 11.6 Å². The maximum atomic E-state index is 5.79. The van der Waals surface area contributed by atoms with E-state index in [1.54, 1.807) is 7.11 Å². The van der Waals surface area contributed by atoms with E-state index in [4.69, 9.17) is 9.47 Å². The second-order valence-electron chi connectivity index (χ2n) is 4.69. The number of nitrogens with zero attached hydrogens (tertiary/aromatic N) is 1. The summed E-state index contributed by atoms with van der Waals surface area (Å²) in [4.78, 5) is 4.39. The molecule has 0 unspecified atom stereocenters. The van der Waals surface area contributed by atoms with Crippen LogP contribution in [0.15, 0.2) is 41.0 Å². The van der Waals surface area contributed by atoms with Crippen molar-refractivity contribution in [3.8, 4) is 11.6 Å². The van der Waals surface area contributed by atoms with E-state index in [-0.39, 0.29) is 0 Å². The Morgan fingerprint density at radius 1 is 1.24 bits per heavy atom. The molecule has 2 aromatic rings. The molecule has 4 nitrogen and oxygen atoms in total. The summed E-state index contributed by atoms with van der Waals surface area (Å²) in [5, 5.41) is 3.29. The lowest BCUT2D eigenvalue weighted by molar-refractivity contribution is 0.199. The van der Waals surface area contributed by atoms with Gasteiger partial charge < -0.3 is 14.8 Å². The molecule has 0 radical (unpaired) electrons. The van der Waals surface area contributed by atoms with Crippen LogP contribution in [0.2, 0.25) is 0 Å². The maximum Gasteiger partial charge on any atom is 0.222 e. The van der Waals surface area contributed by atoms with Gasteiger partial charge >= 0.3 is 0 Å². The average Bonchev–Trinajstić information content (AvgIpc) is 2.48. The van der Waals surface area contributed by atoms with E-state index in [1.165, 1.54) is 0 Å². The number of rotatable bonds is 7. The van der Waals surface area contributed by atoms with E-state index in [2.05, 4.69) is 32.3 Å². The molecule has 1 aromatic carbocycles. The highest BCUT2D eigenvalue weighted by atomic mass is 79.9. The normalized spacial score (nSPS) is 10.6. The summed E-state index contributed by atoms with van der Waals surface area (Å²) in [6.07, 6.45) is 1.83. The Kier molecular flexibility index (Phi) is 6.17. The fourth-order valence-corrected chi connectivity index (χ4v) is 2.11. The fourth-order valence-electron chi connectivity index (χ4n) is 1.85. The third-order valence-corrected chi connectivity index (χ3v) is 3.46. The number of nitrogens with one attached hydrogen (secondary N) is 1. The smallest absolute Gasteiger partial charge is 0.222 e. The molecular weight excluding hydrogens is 332 g/mol. The quantitative estimate of drug-likeness (QED) is 0.773. The lowest BCUT2D eigenvalue weighted by atomic mass is 10.2. The van der Waals surface area contributed by atoms with Gasteiger partial charge in [0.1, 0.15) is 5.75 Å². The molecule has 1 heterocycles. The van der Waals surface area contributed by atoms with E-state index >= 15 is 0 Å². The van der Waals surface area contributed by atoms with Crippen LogP contribution in [0, 0.1) is 6.92 Å². The first-order valence-electron chi connectivity index (χ1n) is 6.77. The molecule has 0 aliphatic rings. The van der Waals surface area contributed by atoms with E-state index in [0.717, 1.165) is 34.4 Å². The first-order chi connectivity index (χ1) is 10.2. The summed E-state index contributed by atoms with van der Waals surface area (Å²) in [7, 11) is 1.70. The highest BCUT2D eigenvalue weighted by molar-refractivity contribution is 9.10. The van der Waals surface area contributed by atoms with Crippen molar-refractivity contribution in [3.63, 3.8) is 0 Å². The van der Waals surface area contributed by atoms with Crippen LogP contribution in [0.4, 0.5) is 0 Å². The summed E-state index contributed by atoms with van der Waals surface area (Å²) in [6, 6.07) is 9.79. The molecule has 5 heteroatoms. The molecule has 2 rings (SSSR count). The minimum atomic E-state index is 0.637. The first kappa shape index (κ1) is 15.9. The topological polar surface area (TPSA) is 43.4 Å². The molecule has 0 saturated heterocycles. The van der Waals surface area contributed by atoms with Crippen molar-refractivity contribution in [2.24, 2.45) is 0 Å². The standard InChI is InChI=1S/C16H19BrN2O2/c1-12-9-13(10-18-7-8-20-2)11-19-16(12)21-15-5-3-14(17)4-6-15/h3-6,9,11,18H,7-8,10H2,1-2H3. The predicted octanol–water partition coefficient (Wildman–Crippen LogP) is 3.68. The number of hydrogen-bond donors (Lipinski definition) is 1. The van der Waals surface area contributed by atoms with Crippen LogP contribution < -0.4 is 10.1 Å². The molecule has 1 N–H and O–H groups in total. The van der Waals surface area contributed by atoms with Gasteiger partial charge in [0.2, 0.25) is 5.88 Å². The number of hydrogen-bond acceptors (Lipinski definition) is 4. The summed E-state index contributed by atoms with van der Waals surface area (Å²) in [6.45, 7) is 4.31. The second kappa shape index (κ2) is 8.12. The molecule has 0 fully saturated rings. The van der Waals surface area contributed by atoms with Crippen molar-refractivity contribution >= 4 is 15.9 Å². The summed E-state index contributed by atoms with van der Waals surface area (Å²) in [5.41, 5.74) is 2.15. The number of pyridine rings is 1. The van der Waals surface area contributed by atoms with Crippen molar-refractivity contribution in [1.29, 1.82) is 0 Å². The van der Waals surface area contributed by atoms with Gasteiger partial charge in [-0.15, -0.1) is 0 Å². The monoisotopic (exact) mass is 350 g/mol. The molecule has 0 aliphatic carbocycles. The van der Waals surface area contributed by atoms with Crippen LogP contribution in [-0.4, -0.2) is 25.2 Å². The van der Waals surface area contributed by atoms with Crippen LogP contribution in [0.3, 0.4) is 0 Å². The average molecular weight is 351 g/mol. The zero-order chi connectivity index (χ0) is 15.1. The summed E-state index contributed by atoms with van der Waals surface area (Å²) in [5.74, 6) is 1.41. The number of methoxy groups -OCH3 is 1. The fraction of sp³-hybridized carbons (Fsp3) is 0.312. The largest absolute Gasteiger partial charge is 0.439 e. The van der Waals surface area contributed by atoms with Gasteiger partial charge in [0.25, 0.3) is 0 Å². The second-order valence-corrected chi connectivity index (χ2v) is 5.61. The minimum absolute atomic E-state index is 0.637. The third kappa shape index (κ3) is 5.12. The van der Waals surface area contributed by atoms with E-state index < -0.39 is 0 Å². The van der Waals surface area contributed by atoms with Crippen molar-refractivity contribution in [3.05, 3.63) is 52.1 Å². The zero-order valence-corrected chi connectivity index (χ0v) is 13.8. The Hall–Kier alpha value is -1.43. The molecule has 0 amide bonds. The predicted molar refractivity (Wildman–Crippen MR) is 86.8 cm³/mol. The SMILES string of the molecule is COCCNCc1cnc(Oc2ccc(Br)cc2)c(C)c1. The van der Waals surface area contributed by atoms with Gasteiger partial charge in [-0.3, -0.25) is 0 Å². The number of aromatic nitrogens is 1. The molecule has 0 bridgehead atoms. The Balaban J connectivity index is 1.97. The summed E-state index contributed by atoms with van der Waals surface area (Å²) >= 11 is 3.40. The molecule has 0 spiro atoms. The van der Waals surface area contributed by atoms with E-state index in [1.807, 2.05) is 37.4 Å². The molecule has 0 atom stereocenters. The van der Waals surface area contributed by atoms with E-state index in [0.29, 0.717) is 12.5 Å². The maximum absolute atomic E-state index is 5.79.